The molecule has 0 spiro atoms. The Morgan fingerprint density at radius 2 is 1.82 bits per heavy atom. The lowest BCUT2D eigenvalue weighted by Gasteiger charge is -2.27. The number of aromatic nitrogens is 4. The smallest absolute Gasteiger partial charge is 0.227 e. The maximum absolute atomic E-state index is 6.25. The van der Waals surface area contributed by atoms with Crippen LogP contribution in [-0.4, -0.2) is 31.6 Å². The molecule has 6 N–H and O–H groups in total. The van der Waals surface area contributed by atoms with Gasteiger partial charge in [0.05, 0.1) is 6.33 Å². The third-order valence-electron chi connectivity index (χ3n) is 7.24. The summed E-state index contributed by atoms with van der Waals surface area (Å²) in [6.07, 6.45) is 12.3. The average molecular weight is 449 g/mol. The summed E-state index contributed by atoms with van der Waals surface area (Å²) in [6.45, 7) is 2.64. The summed E-state index contributed by atoms with van der Waals surface area (Å²) in [5.41, 5.74) is 17.1. The molecule has 33 heavy (non-hydrogen) atoms. The lowest BCUT2D eigenvalue weighted by Crippen LogP contribution is -2.33. The molecule has 5 rings (SSSR count). The highest BCUT2D eigenvalue weighted by atomic mass is 15.2. The van der Waals surface area contributed by atoms with Gasteiger partial charge < -0.3 is 26.7 Å². The first-order chi connectivity index (χ1) is 16.1. The summed E-state index contributed by atoms with van der Waals surface area (Å²) in [7, 11) is 0. The van der Waals surface area contributed by atoms with Gasteiger partial charge in [-0.2, -0.15) is 9.97 Å². The van der Waals surface area contributed by atoms with Crippen molar-refractivity contribution >= 4 is 28.6 Å². The molecule has 0 amide bonds. The Labute approximate surface area is 195 Å². The molecule has 8 heteroatoms. The fourth-order valence-electron chi connectivity index (χ4n) is 5.23. The van der Waals surface area contributed by atoms with Crippen molar-refractivity contribution in [2.45, 2.75) is 89.4 Å². The van der Waals surface area contributed by atoms with Gasteiger partial charge in [0.1, 0.15) is 0 Å². The quantitative estimate of drug-likeness (QED) is 0.409. The predicted octanol–water partition coefficient (Wildman–Crippen LogP) is 4.52. The minimum Gasteiger partial charge on any atom is -0.398 e. The molecule has 3 aromatic rings. The number of rotatable bonds is 6. The van der Waals surface area contributed by atoms with Crippen LogP contribution in [-0.2, 0) is 6.54 Å². The van der Waals surface area contributed by atoms with Crippen LogP contribution in [0.15, 0.2) is 24.5 Å². The normalized spacial score (nSPS) is 21.9. The number of nitrogens with zero attached hydrogens (tertiary/aromatic N) is 4. The highest BCUT2D eigenvalue weighted by Gasteiger charge is 2.23. The zero-order chi connectivity index (χ0) is 22.8. The first-order valence-electron chi connectivity index (χ1n) is 12.4. The fraction of sp³-hybridized carbons (Fsp3) is 0.560. The van der Waals surface area contributed by atoms with Crippen LogP contribution in [0.25, 0.3) is 11.2 Å². The van der Waals surface area contributed by atoms with Gasteiger partial charge >= 0.3 is 0 Å². The van der Waals surface area contributed by atoms with Gasteiger partial charge in [0.2, 0.25) is 5.95 Å². The van der Waals surface area contributed by atoms with Gasteiger partial charge in [0.25, 0.3) is 0 Å². The Morgan fingerprint density at radius 3 is 2.58 bits per heavy atom. The Hall–Kier alpha value is -2.87. The van der Waals surface area contributed by atoms with Crippen molar-refractivity contribution in [3.8, 4) is 0 Å². The molecule has 0 saturated heterocycles. The monoisotopic (exact) mass is 448 g/mol. The zero-order valence-corrected chi connectivity index (χ0v) is 19.6. The van der Waals surface area contributed by atoms with E-state index in [0.29, 0.717) is 30.6 Å². The summed E-state index contributed by atoms with van der Waals surface area (Å²) in [5, 5.41) is 7.09. The topological polar surface area (TPSA) is 120 Å². The molecule has 2 aromatic heterocycles. The number of benzene rings is 1. The Balaban J connectivity index is 1.45. The molecule has 8 nitrogen and oxygen atoms in total. The second-order valence-corrected chi connectivity index (χ2v) is 9.82. The van der Waals surface area contributed by atoms with E-state index in [4.69, 9.17) is 26.4 Å². The van der Waals surface area contributed by atoms with Crippen molar-refractivity contribution in [2.75, 3.05) is 16.4 Å². The number of fused-ring (bicyclic) bond motifs is 1. The van der Waals surface area contributed by atoms with Gasteiger partial charge in [-0.1, -0.05) is 31.4 Å². The first-order valence-corrected chi connectivity index (χ1v) is 12.4. The van der Waals surface area contributed by atoms with Crippen LogP contribution in [0.5, 0.6) is 0 Å². The van der Waals surface area contributed by atoms with Gasteiger partial charge in [-0.3, -0.25) is 0 Å². The van der Waals surface area contributed by atoms with Gasteiger partial charge in [0, 0.05) is 30.4 Å². The van der Waals surface area contributed by atoms with Crippen LogP contribution >= 0.6 is 0 Å². The van der Waals surface area contributed by atoms with Crippen molar-refractivity contribution in [3.05, 3.63) is 35.7 Å². The highest BCUT2D eigenvalue weighted by Crippen LogP contribution is 2.32. The van der Waals surface area contributed by atoms with Gasteiger partial charge in [0.15, 0.2) is 17.0 Å². The lowest BCUT2D eigenvalue weighted by atomic mass is 9.92. The van der Waals surface area contributed by atoms with Crippen molar-refractivity contribution in [3.63, 3.8) is 0 Å². The average Bonchev–Trinajstić information content (AvgIpc) is 3.25. The number of hydrogen-bond acceptors (Lipinski definition) is 7. The van der Waals surface area contributed by atoms with E-state index in [-0.39, 0.29) is 0 Å². The van der Waals surface area contributed by atoms with E-state index in [2.05, 4.69) is 34.3 Å². The molecule has 2 fully saturated rings. The van der Waals surface area contributed by atoms with Gasteiger partial charge in [-0.05, 0) is 62.6 Å². The molecule has 2 aliphatic carbocycles. The summed E-state index contributed by atoms with van der Waals surface area (Å²) in [6, 6.07) is 7.29. The van der Waals surface area contributed by atoms with Gasteiger partial charge in [-0.15, -0.1) is 0 Å². The standard InChI is InChI=1S/C25H36N8/c1-16-7-8-17(21(27)13-16)14-28-23-22-24(33(15-29-22)20-5-3-2-4-6-20)32-25(31-23)30-19-11-9-18(26)10-12-19/h7-8,13,15,18-20H,2-6,9-12,14,26-27H2,1H3,(H2,28,30,31,32). The van der Waals surface area contributed by atoms with E-state index >= 15 is 0 Å². The molecular weight excluding hydrogens is 412 g/mol. The summed E-state index contributed by atoms with van der Waals surface area (Å²) in [4.78, 5) is 14.5. The van der Waals surface area contributed by atoms with Crippen LogP contribution in [0.3, 0.4) is 0 Å². The highest BCUT2D eigenvalue weighted by molar-refractivity contribution is 5.84. The Morgan fingerprint density at radius 1 is 1.03 bits per heavy atom. The third kappa shape index (κ3) is 4.90. The summed E-state index contributed by atoms with van der Waals surface area (Å²) in [5.74, 6) is 1.42. The molecule has 0 radical (unpaired) electrons. The lowest BCUT2D eigenvalue weighted by molar-refractivity contribution is 0.358. The first kappa shape index (κ1) is 21.9. The maximum Gasteiger partial charge on any atom is 0.227 e. The molecule has 0 unspecified atom stereocenters. The molecular formula is C25H36N8. The second-order valence-electron chi connectivity index (χ2n) is 9.82. The fourth-order valence-corrected chi connectivity index (χ4v) is 5.23. The van der Waals surface area contributed by atoms with E-state index in [1.54, 1.807) is 0 Å². The molecule has 2 aliphatic rings. The van der Waals surface area contributed by atoms with E-state index in [0.717, 1.165) is 59.5 Å². The molecule has 0 bridgehead atoms. The van der Waals surface area contributed by atoms with Crippen LogP contribution < -0.4 is 22.1 Å². The number of aryl methyl sites for hydroxylation is 1. The van der Waals surface area contributed by atoms with Crippen molar-refractivity contribution in [1.29, 1.82) is 0 Å². The maximum atomic E-state index is 6.25. The van der Waals surface area contributed by atoms with Gasteiger partial charge in [-0.25, -0.2) is 4.98 Å². The van der Waals surface area contributed by atoms with Crippen LogP contribution in [0.4, 0.5) is 17.5 Å². The van der Waals surface area contributed by atoms with E-state index in [9.17, 15) is 0 Å². The molecule has 2 heterocycles. The van der Waals surface area contributed by atoms with Crippen LogP contribution in [0.1, 0.15) is 75.0 Å². The summed E-state index contributed by atoms with van der Waals surface area (Å²) >= 11 is 0. The number of hydrogen-bond donors (Lipinski definition) is 4. The third-order valence-corrected chi connectivity index (χ3v) is 7.24. The molecule has 0 aliphatic heterocycles. The molecule has 2 saturated carbocycles. The zero-order valence-electron chi connectivity index (χ0n) is 19.6. The number of imidazole rings is 1. The van der Waals surface area contributed by atoms with Crippen molar-refractivity contribution < 1.29 is 0 Å². The number of nitrogens with one attached hydrogen (secondary N) is 2. The minimum absolute atomic E-state index is 0.316. The van der Waals surface area contributed by atoms with Crippen molar-refractivity contribution in [1.82, 2.24) is 19.5 Å². The number of anilines is 3. The Kier molecular flexibility index (Phi) is 6.35. The van der Waals surface area contributed by atoms with Crippen LogP contribution in [0.2, 0.25) is 0 Å². The predicted molar refractivity (Wildman–Crippen MR) is 134 cm³/mol. The Bertz CT molecular complexity index is 1090. The largest absolute Gasteiger partial charge is 0.398 e. The minimum atomic E-state index is 0.316. The molecule has 1 aromatic carbocycles. The second kappa shape index (κ2) is 9.55. The van der Waals surface area contributed by atoms with E-state index in [1.807, 2.05) is 12.4 Å². The number of nitrogens with two attached hydrogens (primary N) is 2. The number of nitrogen functional groups attached to an aromatic ring is 1. The molecule has 0 atom stereocenters. The summed E-state index contributed by atoms with van der Waals surface area (Å²) < 4.78 is 2.27. The van der Waals surface area contributed by atoms with E-state index < -0.39 is 0 Å². The van der Waals surface area contributed by atoms with E-state index in [1.165, 1.54) is 32.1 Å². The van der Waals surface area contributed by atoms with Crippen LogP contribution in [0, 0.1) is 6.92 Å². The van der Waals surface area contributed by atoms with Crippen molar-refractivity contribution in [2.24, 2.45) is 5.73 Å². The SMILES string of the molecule is Cc1ccc(CNc2nc(NC3CCC(N)CC3)nc3c2ncn3C2CCCCC2)c(N)c1. The molecule has 176 valence electrons.